The summed E-state index contributed by atoms with van der Waals surface area (Å²) >= 11 is 0. The molecule has 0 saturated carbocycles. The highest BCUT2D eigenvalue weighted by atomic mass is 15.1. The van der Waals surface area contributed by atoms with Crippen molar-refractivity contribution in [2.75, 3.05) is 24.2 Å². The lowest BCUT2D eigenvalue weighted by molar-refractivity contribution is 0.556. The van der Waals surface area contributed by atoms with Crippen LogP contribution in [-0.2, 0) is 0 Å². The molecule has 2 nitrogen and oxygen atoms in total. The van der Waals surface area contributed by atoms with Crippen LogP contribution < -0.4 is 10.6 Å². The summed E-state index contributed by atoms with van der Waals surface area (Å²) in [6, 6.07) is 6.20. The highest BCUT2D eigenvalue weighted by Crippen LogP contribution is 2.23. The third kappa shape index (κ3) is 3.76. The fraction of sp³-hybridized carbons (Fsp3) is 0.571. The molecule has 1 aromatic carbocycles. The van der Waals surface area contributed by atoms with E-state index in [-0.39, 0.29) is 0 Å². The number of nitrogens with two attached hydrogens (primary N) is 1. The number of rotatable bonds is 5. The van der Waals surface area contributed by atoms with Crippen molar-refractivity contribution < 1.29 is 0 Å². The molecule has 0 aromatic heterocycles. The van der Waals surface area contributed by atoms with Crippen molar-refractivity contribution in [3.05, 3.63) is 23.8 Å². The summed E-state index contributed by atoms with van der Waals surface area (Å²) in [4.78, 5) is 2.25. The van der Waals surface area contributed by atoms with Crippen LogP contribution in [0.5, 0.6) is 0 Å². The first-order valence-corrected chi connectivity index (χ1v) is 6.08. The van der Waals surface area contributed by atoms with Gasteiger partial charge in [0.15, 0.2) is 0 Å². The predicted molar refractivity (Wildman–Crippen MR) is 72.9 cm³/mol. The first-order chi connectivity index (χ1) is 7.50. The van der Waals surface area contributed by atoms with E-state index >= 15 is 0 Å². The highest BCUT2D eigenvalue weighted by molar-refractivity contribution is 5.68. The summed E-state index contributed by atoms with van der Waals surface area (Å²) in [7, 11) is 2.12. The molecule has 0 saturated heterocycles. The van der Waals surface area contributed by atoms with Gasteiger partial charge in [-0.25, -0.2) is 0 Å². The Morgan fingerprint density at radius 3 is 2.62 bits per heavy atom. The molecule has 0 unspecified atom stereocenters. The maximum atomic E-state index is 5.98. The van der Waals surface area contributed by atoms with E-state index in [1.807, 2.05) is 6.07 Å². The molecule has 2 heteroatoms. The van der Waals surface area contributed by atoms with Gasteiger partial charge in [-0.3, -0.25) is 0 Å². The number of hydrogen-bond donors (Lipinski definition) is 1. The maximum Gasteiger partial charge on any atom is 0.0599 e. The molecule has 0 aliphatic heterocycles. The lowest BCUT2D eigenvalue weighted by Gasteiger charge is -2.22. The van der Waals surface area contributed by atoms with Crippen molar-refractivity contribution >= 4 is 11.4 Å². The zero-order valence-corrected chi connectivity index (χ0v) is 11.0. The van der Waals surface area contributed by atoms with Gasteiger partial charge >= 0.3 is 0 Å². The SMILES string of the molecule is Cc1ccc(N)c(N(C)CCCC(C)C)c1. The highest BCUT2D eigenvalue weighted by Gasteiger charge is 2.05. The Hall–Kier alpha value is -1.18. The normalized spacial score (nSPS) is 10.8. The first kappa shape index (κ1) is 12.9. The molecular formula is C14H24N2. The number of anilines is 2. The molecule has 1 rings (SSSR count). The maximum absolute atomic E-state index is 5.98. The van der Waals surface area contributed by atoms with Gasteiger partial charge in [-0.2, -0.15) is 0 Å². The molecule has 16 heavy (non-hydrogen) atoms. The van der Waals surface area contributed by atoms with Crippen LogP contribution >= 0.6 is 0 Å². The van der Waals surface area contributed by atoms with Crippen LogP contribution in [0.25, 0.3) is 0 Å². The van der Waals surface area contributed by atoms with Gasteiger partial charge in [-0.1, -0.05) is 19.9 Å². The smallest absolute Gasteiger partial charge is 0.0599 e. The van der Waals surface area contributed by atoms with Crippen LogP contribution in [-0.4, -0.2) is 13.6 Å². The van der Waals surface area contributed by atoms with Gasteiger partial charge in [-0.05, 0) is 43.4 Å². The van der Waals surface area contributed by atoms with Crippen LogP contribution in [0.4, 0.5) is 11.4 Å². The van der Waals surface area contributed by atoms with Crippen LogP contribution in [0.1, 0.15) is 32.3 Å². The average molecular weight is 220 g/mol. The fourth-order valence-electron chi connectivity index (χ4n) is 1.84. The van der Waals surface area contributed by atoms with E-state index in [0.717, 1.165) is 23.8 Å². The number of hydrogen-bond acceptors (Lipinski definition) is 2. The second-order valence-electron chi connectivity index (χ2n) is 5.02. The minimum absolute atomic E-state index is 0.781. The Morgan fingerprint density at radius 1 is 1.31 bits per heavy atom. The van der Waals surface area contributed by atoms with Crippen LogP contribution in [0.3, 0.4) is 0 Å². The molecule has 0 heterocycles. The molecule has 90 valence electrons. The third-order valence-corrected chi connectivity index (χ3v) is 2.87. The van der Waals surface area contributed by atoms with Crippen LogP contribution in [0.2, 0.25) is 0 Å². The summed E-state index contributed by atoms with van der Waals surface area (Å²) in [6.07, 6.45) is 2.50. The zero-order chi connectivity index (χ0) is 12.1. The monoisotopic (exact) mass is 220 g/mol. The van der Waals surface area contributed by atoms with Crippen molar-refractivity contribution in [1.82, 2.24) is 0 Å². The Balaban J connectivity index is 2.58. The van der Waals surface area contributed by atoms with Gasteiger partial charge in [0.2, 0.25) is 0 Å². The van der Waals surface area contributed by atoms with Gasteiger partial charge in [-0.15, -0.1) is 0 Å². The van der Waals surface area contributed by atoms with Crippen LogP contribution in [0, 0.1) is 12.8 Å². The van der Waals surface area contributed by atoms with Gasteiger partial charge in [0, 0.05) is 13.6 Å². The first-order valence-electron chi connectivity index (χ1n) is 6.08. The summed E-state index contributed by atoms with van der Waals surface area (Å²) < 4.78 is 0. The van der Waals surface area contributed by atoms with E-state index in [4.69, 9.17) is 5.73 Å². The molecule has 2 N–H and O–H groups in total. The summed E-state index contributed by atoms with van der Waals surface area (Å²) in [5, 5.41) is 0. The molecule has 0 spiro atoms. The Morgan fingerprint density at radius 2 is 2.00 bits per heavy atom. The van der Waals surface area contributed by atoms with Crippen molar-refractivity contribution in [2.45, 2.75) is 33.6 Å². The van der Waals surface area contributed by atoms with Gasteiger partial charge in [0.05, 0.1) is 11.4 Å². The second-order valence-corrected chi connectivity index (χ2v) is 5.02. The largest absolute Gasteiger partial charge is 0.397 e. The van der Waals surface area contributed by atoms with Crippen molar-refractivity contribution in [1.29, 1.82) is 0 Å². The average Bonchev–Trinajstić information content (AvgIpc) is 2.21. The van der Waals surface area contributed by atoms with E-state index in [9.17, 15) is 0 Å². The molecular weight excluding hydrogens is 196 g/mol. The fourth-order valence-corrected chi connectivity index (χ4v) is 1.84. The Kier molecular flexibility index (Phi) is 4.66. The number of nitrogen functional groups attached to an aromatic ring is 1. The lowest BCUT2D eigenvalue weighted by Crippen LogP contribution is -2.20. The molecule has 0 atom stereocenters. The number of benzene rings is 1. The number of aryl methyl sites for hydroxylation is 1. The zero-order valence-electron chi connectivity index (χ0n) is 11.0. The molecule has 0 radical (unpaired) electrons. The third-order valence-electron chi connectivity index (χ3n) is 2.87. The van der Waals surface area contributed by atoms with Crippen molar-refractivity contribution in [2.24, 2.45) is 5.92 Å². The molecule has 0 aliphatic rings. The number of nitrogens with zero attached hydrogens (tertiary/aromatic N) is 1. The molecule has 0 bridgehead atoms. The van der Waals surface area contributed by atoms with E-state index in [0.29, 0.717) is 0 Å². The topological polar surface area (TPSA) is 29.3 Å². The minimum atomic E-state index is 0.781. The van der Waals surface area contributed by atoms with Gasteiger partial charge in [0.25, 0.3) is 0 Å². The predicted octanol–water partition coefficient (Wildman–Crippen LogP) is 3.45. The Bertz CT molecular complexity index is 332. The van der Waals surface area contributed by atoms with E-state index in [1.165, 1.54) is 18.4 Å². The summed E-state index contributed by atoms with van der Waals surface area (Å²) in [6.45, 7) is 7.71. The van der Waals surface area contributed by atoms with Crippen molar-refractivity contribution in [3.63, 3.8) is 0 Å². The van der Waals surface area contributed by atoms with Crippen LogP contribution in [0.15, 0.2) is 18.2 Å². The summed E-state index contributed by atoms with van der Waals surface area (Å²) in [5.41, 5.74) is 9.27. The lowest BCUT2D eigenvalue weighted by atomic mass is 10.1. The molecule has 0 aliphatic carbocycles. The quantitative estimate of drug-likeness (QED) is 0.770. The van der Waals surface area contributed by atoms with E-state index in [1.54, 1.807) is 0 Å². The molecule has 0 fully saturated rings. The van der Waals surface area contributed by atoms with Crippen molar-refractivity contribution in [3.8, 4) is 0 Å². The van der Waals surface area contributed by atoms with Gasteiger partial charge < -0.3 is 10.6 Å². The van der Waals surface area contributed by atoms with E-state index in [2.05, 4.69) is 44.9 Å². The molecule has 1 aromatic rings. The minimum Gasteiger partial charge on any atom is -0.397 e. The van der Waals surface area contributed by atoms with E-state index < -0.39 is 0 Å². The Labute approximate surface area is 99.5 Å². The second kappa shape index (κ2) is 5.78. The molecule has 0 amide bonds. The van der Waals surface area contributed by atoms with Gasteiger partial charge in [0.1, 0.15) is 0 Å². The standard InChI is InChI=1S/C14H24N2/c1-11(2)6-5-9-16(4)14-10-12(3)7-8-13(14)15/h7-8,10-11H,5-6,9,15H2,1-4H3. The summed E-state index contributed by atoms with van der Waals surface area (Å²) in [5.74, 6) is 0.781.